The standard InChI is InChI=1S/C21H21N5O6S3/c1-25(2)35(29,30)11-7-8-14-13(9-11)26-20(32-14)23-24-21(26)33-10-16(27)22-18-17(19(28)31-3)12-5-4-6-15(12)34-18/h7-9H,4-6,10H2,1-3H3,(H,22,27). The van der Waals surface area contributed by atoms with Crippen LogP contribution in [0.4, 0.5) is 5.00 Å². The topological polar surface area (TPSA) is 136 Å². The Hall–Kier alpha value is -2.94. The minimum atomic E-state index is -3.65. The van der Waals surface area contributed by atoms with Gasteiger partial charge in [0.1, 0.15) is 5.00 Å². The van der Waals surface area contributed by atoms with Gasteiger partial charge in [-0.25, -0.2) is 21.9 Å². The van der Waals surface area contributed by atoms with E-state index >= 15 is 0 Å². The van der Waals surface area contributed by atoms with Crippen LogP contribution < -0.4 is 5.32 Å². The van der Waals surface area contributed by atoms with Gasteiger partial charge in [-0.2, -0.15) is 0 Å². The number of carbonyl (C=O) groups is 2. The molecule has 0 bridgehead atoms. The Morgan fingerprint density at radius 2 is 2.09 bits per heavy atom. The van der Waals surface area contributed by atoms with Crippen LogP contribution in [0.2, 0.25) is 0 Å². The largest absolute Gasteiger partial charge is 0.465 e. The minimum Gasteiger partial charge on any atom is -0.465 e. The van der Waals surface area contributed by atoms with Crippen molar-refractivity contribution in [3.63, 3.8) is 0 Å². The van der Waals surface area contributed by atoms with Crippen LogP contribution in [0.5, 0.6) is 0 Å². The maximum atomic E-state index is 12.8. The van der Waals surface area contributed by atoms with Gasteiger partial charge in [-0.1, -0.05) is 16.9 Å². The molecule has 0 saturated carbocycles. The number of esters is 1. The molecule has 0 spiro atoms. The van der Waals surface area contributed by atoms with E-state index in [1.54, 1.807) is 10.5 Å². The highest BCUT2D eigenvalue weighted by Crippen LogP contribution is 2.39. The Labute approximate surface area is 208 Å². The summed E-state index contributed by atoms with van der Waals surface area (Å²) in [5.41, 5.74) is 2.30. The second kappa shape index (κ2) is 8.93. The smallest absolute Gasteiger partial charge is 0.341 e. The maximum absolute atomic E-state index is 12.8. The number of oxazole rings is 1. The first kappa shape index (κ1) is 23.8. The lowest BCUT2D eigenvalue weighted by atomic mass is 10.1. The molecule has 35 heavy (non-hydrogen) atoms. The zero-order valence-corrected chi connectivity index (χ0v) is 21.5. The Morgan fingerprint density at radius 1 is 1.29 bits per heavy atom. The Kier molecular flexibility index (Phi) is 6.07. The highest BCUT2D eigenvalue weighted by molar-refractivity contribution is 7.99. The summed E-state index contributed by atoms with van der Waals surface area (Å²) >= 11 is 2.52. The number of hydrogen-bond donors (Lipinski definition) is 1. The van der Waals surface area contributed by atoms with E-state index in [0.29, 0.717) is 26.8 Å². The van der Waals surface area contributed by atoms with E-state index < -0.39 is 16.0 Å². The van der Waals surface area contributed by atoms with Crippen molar-refractivity contribution in [3.05, 3.63) is 34.2 Å². The summed E-state index contributed by atoms with van der Waals surface area (Å²) in [4.78, 5) is 26.3. The van der Waals surface area contributed by atoms with Crippen molar-refractivity contribution in [1.82, 2.24) is 18.9 Å². The van der Waals surface area contributed by atoms with Gasteiger partial charge in [0.15, 0.2) is 10.7 Å². The minimum absolute atomic E-state index is 0.00761. The predicted octanol–water partition coefficient (Wildman–Crippen LogP) is 2.79. The van der Waals surface area contributed by atoms with Gasteiger partial charge < -0.3 is 14.5 Å². The predicted molar refractivity (Wildman–Crippen MR) is 131 cm³/mol. The number of amides is 1. The van der Waals surface area contributed by atoms with Gasteiger partial charge in [-0.3, -0.25) is 4.79 Å². The number of rotatable bonds is 7. The molecule has 0 saturated heterocycles. The van der Waals surface area contributed by atoms with Crippen LogP contribution in [0.3, 0.4) is 0 Å². The molecule has 184 valence electrons. The molecule has 11 nitrogen and oxygen atoms in total. The van der Waals surface area contributed by atoms with Crippen LogP contribution in [-0.4, -0.2) is 66.2 Å². The van der Waals surface area contributed by atoms with Crippen molar-refractivity contribution >= 4 is 66.9 Å². The molecule has 0 unspecified atom stereocenters. The van der Waals surface area contributed by atoms with Gasteiger partial charge in [-0.05, 0) is 43.0 Å². The lowest BCUT2D eigenvalue weighted by molar-refractivity contribution is -0.113. The van der Waals surface area contributed by atoms with Gasteiger partial charge in [-0.15, -0.1) is 16.4 Å². The molecule has 0 aliphatic heterocycles. The quantitative estimate of drug-likeness (QED) is 0.280. The summed E-state index contributed by atoms with van der Waals surface area (Å²) in [6, 6.07) is 4.52. The fourth-order valence-electron chi connectivity index (χ4n) is 3.95. The first-order valence-electron chi connectivity index (χ1n) is 10.6. The third-order valence-electron chi connectivity index (χ3n) is 5.65. The number of aryl methyl sites for hydroxylation is 1. The fraction of sp³-hybridized carbons (Fsp3) is 0.333. The SMILES string of the molecule is COC(=O)c1c(NC(=O)CSc2nnc3oc4ccc(S(=O)(=O)N(C)C)cc4n23)sc2c1CCC2. The number of thioether (sulfide) groups is 1. The van der Waals surface area contributed by atoms with Crippen LogP contribution in [0.25, 0.3) is 16.9 Å². The van der Waals surface area contributed by atoms with E-state index in [0.717, 1.165) is 45.8 Å². The molecule has 3 aromatic heterocycles. The summed E-state index contributed by atoms with van der Waals surface area (Å²) < 4.78 is 38.4. The molecule has 4 aromatic rings. The summed E-state index contributed by atoms with van der Waals surface area (Å²) in [6.07, 6.45) is 2.65. The molecule has 1 amide bonds. The third-order valence-corrected chi connectivity index (χ3v) is 9.60. The summed E-state index contributed by atoms with van der Waals surface area (Å²) in [6.45, 7) is 0. The molecule has 1 N–H and O–H groups in total. The number of sulfonamides is 1. The van der Waals surface area contributed by atoms with Crippen molar-refractivity contribution in [3.8, 4) is 0 Å². The molecule has 3 heterocycles. The van der Waals surface area contributed by atoms with Crippen molar-refractivity contribution in [2.45, 2.75) is 29.3 Å². The summed E-state index contributed by atoms with van der Waals surface area (Å²) in [5, 5.41) is 11.8. The molecule has 1 aliphatic rings. The van der Waals surface area contributed by atoms with E-state index in [-0.39, 0.29) is 22.4 Å². The molecule has 0 fully saturated rings. The van der Waals surface area contributed by atoms with Crippen LogP contribution in [0.1, 0.15) is 27.2 Å². The molecule has 1 aliphatic carbocycles. The molecular formula is C21H21N5O6S3. The number of aromatic nitrogens is 3. The van der Waals surface area contributed by atoms with E-state index in [1.807, 2.05) is 0 Å². The first-order chi connectivity index (χ1) is 16.7. The lowest BCUT2D eigenvalue weighted by Crippen LogP contribution is -2.22. The molecule has 5 rings (SSSR count). The van der Waals surface area contributed by atoms with Crippen molar-refractivity contribution in [2.24, 2.45) is 0 Å². The Balaban J connectivity index is 1.39. The van der Waals surface area contributed by atoms with Crippen LogP contribution in [0, 0.1) is 0 Å². The van der Waals surface area contributed by atoms with Gasteiger partial charge in [0, 0.05) is 19.0 Å². The average Bonchev–Trinajstić information content (AvgIpc) is 3.57. The molecule has 1 aromatic carbocycles. The monoisotopic (exact) mass is 535 g/mol. The number of benzene rings is 1. The number of ether oxygens (including phenoxy) is 1. The first-order valence-corrected chi connectivity index (χ1v) is 13.8. The average molecular weight is 536 g/mol. The number of nitrogens with one attached hydrogen (secondary N) is 1. The molecular weight excluding hydrogens is 514 g/mol. The summed E-state index contributed by atoms with van der Waals surface area (Å²) in [7, 11) is 0.580. The fourth-order valence-corrected chi connectivity index (χ4v) is 6.91. The normalized spacial score (nSPS) is 13.6. The zero-order chi connectivity index (χ0) is 24.9. The number of nitrogens with zero attached hydrogens (tertiary/aromatic N) is 4. The van der Waals surface area contributed by atoms with Gasteiger partial charge in [0.2, 0.25) is 15.9 Å². The van der Waals surface area contributed by atoms with E-state index in [1.165, 1.54) is 44.7 Å². The van der Waals surface area contributed by atoms with Gasteiger partial charge in [0.25, 0.3) is 0 Å². The van der Waals surface area contributed by atoms with Crippen LogP contribution in [-0.2, 0) is 32.4 Å². The molecule has 0 radical (unpaired) electrons. The van der Waals surface area contributed by atoms with Crippen molar-refractivity contribution in [2.75, 3.05) is 32.3 Å². The Bertz CT molecular complexity index is 1580. The summed E-state index contributed by atoms with van der Waals surface area (Å²) in [5.74, 6) is -0.600. The van der Waals surface area contributed by atoms with Gasteiger partial charge >= 0.3 is 11.8 Å². The van der Waals surface area contributed by atoms with Crippen LogP contribution in [0.15, 0.2) is 32.7 Å². The zero-order valence-electron chi connectivity index (χ0n) is 19.0. The van der Waals surface area contributed by atoms with E-state index in [2.05, 4.69) is 15.5 Å². The van der Waals surface area contributed by atoms with Crippen molar-refractivity contribution < 1.29 is 27.2 Å². The van der Waals surface area contributed by atoms with E-state index in [4.69, 9.17) is 9.15 Å². The highest BCUT2D eigenvalue weighted by Gasteiger charge is 2.28. The van der Waals surface area contributed by atoms with Gasteiger partial charge in [0.05, 0.1) is 28.8 Å². The molecule has 0 atom stereocenters. The second-order valence-corrected chi connectivity index (χ2v) is 12.2. The number of hydrogen-bond acceptors (Lipinski definition) is 10. The highest BCUT2D eigenvalue weighted by atomic mass is 32.2. The number of thiophene rings is 1. The van der Waals surface area contributed by atoms with Crippen LogP contribution >= 0.6 is 23.1 Å². The van der Waals surface area contributed by atoms with Crippen molar-refractivity contribution in [1.29, 1.82) is 0 Å². The Morgan fingerprint density at radius 3 is 2.83 bits per heavy atom. The second-order valence-electron chi connectivity index (χ2n) is 8.01. The molecule has 14 heteroatoms. The lowest BCUT2D eigenvalue weighted by Gasteiger charge is -2.10. The maximum Gasteiger partial charge on any atom is 0.341 e. The number of carbonyl (C=O) groups excluding carboxylic acids is 2. The third kappa shape index (κ3) is 4.09. The number of methoxy groups -OCH3 is 1. The van der Waals surface area contributed by atoms with E-state index in [9.17, 15) is 18.0 Å². The number of fused-ring (bicyclic) bond motifs is 4. The number of anilines is 1.